The molecular weight excluding hydrogens is 368 g/mol. The molecule has 0 unspecified atom stereocenters. The number of carbonyl (C=O) groups excluding carboxylic acids is 1. The number of thiazole rings is 1. The highest BCUT2D eigenvalue weighted by molar-refractivity contribution is 7.17. The lowest BCUT2D eigenvalue weighted by molar-refractivity contribution is 0.0383. The molecule has 0 bridgehead atoms. The molecule has 1 aromatic heterocycles. The lowest BCUT2D eigenvalue weighted by atomic mass is 10.2. The first-order valence-corrected chi connectivity index (χ1v) is 9.76. The van der Waals surface area contributed by atoms with Gasteiger partial charge in [0.25, 0.3) is 5.91 Å². The van der Waals surface area contributed by atoms with Gasteiger partial charge in [0.15, 0.2) is 16.6 Å². The summed E-state index contributed by atoms with van der Waals surface area (Å²) < 4.78 is 16.0. The zero-order valence-electron chi connectivity index (χ0n) is 14.9. The van der Waals surface area contributed by atoms with Crippen LogP contribution in [0.4, 0.5) is 5.13 Å². The smallest absolute Gasteiger partial charge is 0.263 e. The lowest BCUT2D eigenvalue weighted by Gasteiger charge is -2.26. The van der Waals surface area contributed by atoms with Crippen molar-refractivity contribution in [3.05, 3.63) is 34.8 Å². The van der Waals surface area contributed by atoms with Crippen LogP contribution in [0, 0.1) is 0 Å². The van der Waals surface area contributed by atoms with E-state index in [1.807, 2.05) is 18.2 Å². The normalized spacial score (nSPS) is 16.3. The fourth-order valence-corrected chi connectivity index (χ4v) is 3.66. The van der Waals surface area contributed by atoms with E-state index in [9.17, 15) is 4.79 Å². The van der Waals surface area contributed by atoms with Gasteiger partial charge >= 0.3 is 0 Å². The van der Waals surface area contributed by atoms with Crippen molar-refractivity contribution in [3.8, 4) is 11.5 Å². The van der Waals surface area contributed by atoms with Gasteiger partial charge in [-0.25, -0.2) is 4.98 Å². The third-order valence-electron chi connectivity index (χ3n) is 4.43. The van der Waals surface area contributed by atoms with Crippen molar-refractivity contribution in [1.29, 1.82) is 0 Å². The van der Waals surface area contributed by atoms with E-state index in [4.69, 9.17) is 14.2 Å². The molecule has 3 heterocycles. The van der Waals surface area contributed by atoms with Crippen LogP contribution in [0.5, 0.6) is 11.5 Å². The third kappa shape index (κ3) is 4.68. The molecule has 2 N–H and O–H groups in total. The van der Waals surface area contributed by atoms with Gasteiger partial charge in [0.2, 0.25) is 6.79 Å². The molecule has 0 aliphatic carbocycles. The Labute approximate surface area is 161 Å². The summed E-state index contributed by atoms with van der Waals surface area (Å²) in [7, 11) is 0. The monoisotopic (exact) mass is 390 g/mol. The van der Waals surface area contributed by atoms with Crippen LogP contribution in [0.3, 0.4) is 0 Å². The van der Waals surface area contributed by atoms with Crippen molar-refractivity contribution < 1.29 is 19.0 Å². The molecule has 144 valence electrons. The van der Waals surface area contributed by atoms with Crippen LogP contribution in [0.1, 0.15) is 15.2 Å². The topological polar surface area (TPSA) is 85.0 Å². The maximum absolute atomic E-state index is 12.3. The Balaban J connectivity index is 1.23. The Hall–Kier alpha value is -2.36. The standard InChI is InChI=1S/C18H22N4O4S/c23-17(19-3-4-22-5-7-24-8-6-22)16-11-21-18(27-16)20-10-13-1-2-14-15(9-13)26-12-25-14/h1-2,9,11H,3-8,10,12H2,(H,19,23)(H,20,21). The maximum Gasteiger partial charge on any atom is 0.263 e. The number of nitrogens with one attached hydrogen (secondary N) is 2. The number of fused-ring (bicyclic) bond motifs is 1. The Morgan fingerprint density at radius 2 is 2.07 bits per heavy atom. The first-order chi connectivity index (χ1) is 13.3. The largest absolute Gasteiger partial charge is 0.454 e. The molecule has 0 saturated carbocycles. The van der Waals surface area contributed by atoms with Gasteiger partial charge in [-0.1, -0.05) is 17.4 Å². The minimum atomic E-state index is -0.0862. The fraction of sp³-hybridized carbons (Fsp3) is 0.444. The molecule has 4 rings (SSSR count). The number of benzene rings is 1. The highest BCUT2D eigenvalue weighted by Gasteiger charge is 2.15. The Bertz CT molecular complexity index is 791. The van der Waals surface area contributed by atoms with E-state index >= 15 is 0 Å². The summed E-state index contributed by atoms with van der Waals surface area (Å²) in [5.74, 6) is 1.44. The second kappa shape index (κ2) is 8.55. The SMILES string of the molecule is O=C(NCCN1CCOCC1)c1cnc(NCc2ccc3c(c2)OCO3)s1. The van der Waals surface area contributed by atoms with Crippen LogP contribution in [0.25, 0.3) is 0 Å². The summed E-state index contributed by atoms with van der Waals surface area (Å²) in [5.41, 5.74) is 1.06. The van der Waals surface area contributed by atoms with Gasteiger partial charge in [0, 0.05) is 32.7 Å². The van der Waals surface area contributed by atoms with E-state index in [2.05, 4.69) is 20.5 Å². The van der Waals surface area contributed by atoms with Crippen LogP contribution in [0.15, 0.2) is 24.4 Å². The number of ether oxygens (including phenoxy) is 3. The number of morpholine rings is 1. The molecule has 1 aromatic carbocycles. The number of hydrogen-bond donors (Lipinski definition) is 2. The number of carbonyl (C=O) groups is 1. The van der Waals surface area contributed by atoms with Gasteiger partial charge in [-0.05, 0) is 17.7 Å². The molecule has 1 saturated heterocycles. The molecule has 27 heavy (non-hydrogen) atoms. The van der Waals surface area contributed by atoms with Crippen LogP contribution in [-0.4, -0.2) is 62.0 Å². The zero-order chi connectivity index (χ0) is 18.5. The van der Waals surface area contributed by atoms with Gasteiger partial charge in [0.05, 0.1) is 19.4 Å². The molecule has 1 amide bonds. The number of anilines is 1. The molecule has 0 atom stereocenters. The molecule has 2 aliphatic heterocycles. The van der Waals surface area contributed by atoms with Gasteiger partial charge in [-0.3, -0.25) is 9.69 Å². The lowest BCUT2D eigenvalue weighted by Crippen LogP contribution is -2.41. The molecule has 8 nitrogen and oxygen atoms in total. The summed E-state index contributed by atoms with van der Waals surface area (Å²) in [6.07, 6.45) is 1.61. The average Bonchev–Trinajstić information content (AvgIpc) is 3.36. The van der Waals surface area contributed by atoms with Crippen molar-refractivity contribution in [2.45, 2.75) is 6.54 Å². The van der Waals surface area contributed by atoms with Gasteiger partial charge in [-0.15, -0.1) is 0 Å². The van der Waals surface area contributed by atoms with Crippen LogP contribution in [0.2, 0.25) is 0 Å². The average molecular weight is 390 g/mol. The maximum atomic E-state index is 12.3. The van der Waals surface area contributed by atoms with E-state index < -0.39 is 0 Å². The number of rotatable bonds is 7. The highest BCUT2D eigenvalue weighted by atomic mass is 32.1. The molecule has 0 radical (unpaired) electrons. The van der Waals surface area contributed by atoms with E-state index in [1.54, 1.807) is 6.20 Å². The van der Waals surface area contributed by atoms with Crippen molar-refractivity contribution in [2.24, 2.45) is 0 Å². The van der Waals surface area contributed by atoms with Crippen molar-refractivity contribution >= 4 is 22.4 Å². The number of nitrogens with zero attached hydrogens (tertiary/aromatic N) is 2. The number of aromatic nitrogens is 1. The van der Waals surface area contributed by atoms with Crippen LogP contribution < -0.4 is 20.1 Å². The minimum absolute atomic E-state index is 0.0862. The predicted octanol–water partition coefficient (Wildman–Crippen LogP) is 1.55. The second-order valence-electron chi connectivity index (χ2n) is 6.28. The Morgan fingerprint density at radius 3 is 2.96 bits per heavy atom. The fourth-order valence-electron chi connectivity index (χ4n) is 2.93. The molecule has 2 aromatic rings. The summed E-state index contributed by atoms with van der Waals surface area (Å²) in [4.78, 5) is 19.4. The quantitative estimate of drug-likeness (QED) is 0.742. The first kappa shape index (κ1) is 18.0. The molecular formula is C18H22N4O4S. The second-order valence-corrected chi connectivity index (χ2v) is 7.31. The molecule has 1 fully saturated rings. The Kier molecular flexibility index (Phi) is 5.71. The van der Waals surface area contributed by atoms with Gasteiger partial charge in [0.1, 0.15) is 4.88 Å². The zero-order valence-corrected chi connectivity index (χ0v) is 15.7. The molecule has 2 aliphatic rings. The number of hydrogen-bond acceptors (Lipinski definition) is 8. The third-order valence-corrected chi connectivity index (χ3v) is 5.38. The first-order valence-electron chi connectivity index (χ1n) is 8.94. The van der Waals surface area contributed by atoms with E-state index in [0.717, 1.165) is 49.9 Å². The van der Waals surface area contributed by atoms with Gasteiger partial charge in [-0.2, -0.15) is 0 Å². The van der Waals surface area contributed by atoms with Crippen molar-refractivity contribution in [3.63, 3.8) is 0 Å². The summed E-state index contributed by atoms with van der Waals surface area (Å²) in [5, 5.41) is 6.91. The van der Waals surface area contributed by atoms with E-state index in [0.29, 0.717) is 23.1 Å². The summed E-state index contributed by atoms with van der Waals surface area (Å²) in [6, 6.07) is 5.82. The summed E-state index contributed by atoms with van der Waals surface area (Å²) >= 11 is 1.35. The van der Waals surface area contributed by atoms with Crippen molar-refractivity contribution in [1.82, 2.24) is 15.2 Å². The highest BCUT2D eigenvalue weighted by Crippen LogP contribution is 2.32. The van der Waals surface area contributed by atoms with Crippen LogP contribution >= 0.6 is 11.3 Å². The van der Waals surface area contributed by atoms with E-state index in [-0.39, 0.29) is 12.7 Å². The summed E-state index contributed by atoms with van der Waals surface area (Å²) in [6.45, 7) is 5.70. The van der Waals surface area contributed by atoms with Crippen molar-refractivity contribution in [2.75, 3.05) is 51.5 Å². The molecule has 0 spiro atoms. The minimum Gasteiger partial charge on any atom is -0.454 e. The predicted molar refractivity (Wildman–Crippen MR) is 102 cm³/mol. The van der Waals surface area contributed by atoms with Gasteiger partial charge < -0.3 is 24.8 Å². The van der Waals surface area contributed by atoms with E-state index in [1.165, 1.54) is 11.3 Å². The van der Waals surface area contributed by atoms with Crippen LogP contribution in [-0.2, 0) is 11.3 Å². The number of amides is 1. The Morgan fingerprint density at radius 1 is 1.22 bits per heavy atom. The molecule has 9 heteroatoms.